The molecule has 1 fully saturated rings. The Morgan fingerprint density at radius 3 is 2.40 bits per heavy atom. The molecule has 2 aromatic rings. The van der Waals surface area contributed by atoms with Gasteiger partial charge in [-0.1, -0.05) is 12.1 Å². The fourth-order valence-corrected chi connectivity index (χ4v) is 3.42. The summed E-state index contributed by atoms with van der Waals surface area (Å²) in [6.45, 7) is 7.09. The monoisotopic (exact) mass is 408 g/mol. The lowest BCUT2D eigenvalue weighted by Gasteiger charge is -2.34. The van der Waals surface area contributed by atoms with Gasteiger partial charge in [0, 0.05) is 56.2 Å². The maximum Gasteiger partial charge on any atom is 0.251 e. The molecular formula is C22H28N6O2. The third kappa shape index (κ3) is 5.70. The molecule has 1 aliphatic heterocycles. The number of nitrogens with zero attached hydrogens (tertiary/aromatic N) is 5. The Labute approximate surface area is 177 Å². The number of rotatable bonds is 8. The highest BCUT2D eigenvalue weighted by molar-refractivity contribution is 5.97. The molecule has 0 aliphatic carbocycles. The fourth-order valence-electron chi connectivity index (χ4n) is 3.42. The van der Waals surface area contributed by atoms with Crippen LogP contribution in [0.4, 0.5) is 0 Å². The Hall–Kier alpha value is -3.13. The van der Waals surface area contributed by atoms with Crippen molar-refractivity contribution in [1.82, 2.24) is 25.1 Å². The van der Waals surface area contributed by atoms with Gasteiger partial charge in [-0.15, -0.1) is 0 Å². The highest BCUT2D eigenvalue weighted by Gasteiger charge is 2.28. The zero-order valence-corrected chi connectivity index (χ0v) is 17.3. The second-order valence-corrected chi connectivity index (χ2v) is 7.45. The van der Waals surface area contributed by atoms with Crippen molar-refractivity contribution in [3.63, 3.8) is 0 Å². The summed E-state index contributed by atoms with van der Waals surface area (Å²) in [6, 6.07) is 6.64. The van der Waals surface area contributed by atoms with Crippen LogP contribution in [0.25, 0.3) is 11.1 Å². The van der Waals surface area contributed by atoms with Gasteiger partial charge in [-0.3, -0.25) is 9.59 Å². The lowest BCUT2D eigenvalue weighted by atomic mass is 10.1. The molecule has 158 valence electrons. The quantitative estimate of drug-likeness (QED) is 0.528. The van der Waals surface area contributed by atoms with Crippen LogP contribution in [0, 0.1) is 0 Å². The molecule has 3 rings (SSSR count). The Bertz CT molecular complexity index is 848. The molecule has 0 saturated carbocycles. The van der Waals surface area contributed by atoms with Crippen molar-refractivity contribution in [2.75, 3.05) is 39.8 Å². The molecule has 0 unspecified atom stereocenters. The molecule has 30 heavy (non-hydrogen) atoms. The first-order valence-electron chi connectivity index (χ1n) is 10.1. The van der Waals surface area contributed by atoms with E-state index in [9.17, 15) is 9.59 Å². The van der Waals surface area contributed by atoms with Crippen LogP contribution >= 0.6 is 0 Å². The van der Waals surface area contributed by atoms with E-state index in [1.807, 2.05) is 24.1 Å². The molecule has 0 radical (unpaired) electrons. The third-order valence-electron chi connectivity index (χ3n) is 5.27. The normalized spacial score (nSPS) is 15.4. The lowest BCUT2D eigenvalue weighted by molar-refractivity contribution is -0.135. The second-order valence-electron chi connectivity index (χ2n) is 7.45. The van der Waals surface area contributed by atoms with Crippen molar-refractivity contribution in [3.05, 3.63) is 48.5 Å². The molecule has 8 nitrogen and oxygen atoms in total. The molecule has 1 N–H and O–H groups in total. The molecular weight excluding hydrogens is 380 g/mol. The number of amides is 2. The summed E-state index contributed by atoms with van der Waals surface area (Å²) in [7, 11) is 2.04. The van der Waals surface area contributed by atoms with Crippen molar-refractivity contribution in [3.8, 4) is 11.1 Å². The number of aromatic nitrogens is 2. The maximum absolute atomic E-state index is 13.0. The summed E-state index contributed by atoms with van der Waals surface area (Å²) in [5.41, 5.74) is 2.31. The number of carbonyl (C=O) groups is 2. The van der Waals surface area contributed by atoms with Gasteiger partial charge in [-0.05, 0) is 44.3 Å². The Morgan fingerprint density at radius 1 is 1.10 bits per heavy atom. The van der Waals surface area contributed by atoms with Gasteiger partial charge in [0.25, 0.3) is 5.91 Å². The van der Waals surface area contributed by atoms with Crippen molar-refractivity contribution >= 4 is 18.5 Å². The van der Waals surface area contributed by atoms with Crippen molar-refractivity contribution < 1.29 is 9.59 Å². The molecule has 1 aromatic heterocycles. The number of nitrogens with one attached hydrogen (secondary N) is 1. The number of aliphatic imine (C=N–C) groups is 1. The minimum absolute atomic E-state index is 0.0291. The van der Waals surface area contributed by atoms with Gasteiger partial charge in [0.2, 0.25) is 5.91 Å². The number of hydrogen-bond donors (Lipinski definition) is 1. The van der Waals surface area contributed by atoms with E-state index >= 15 is 0 Å². The topological polar surface area (TPSA) is 90.8 Å². The zero-order chi connectivity index (χ0) is 21.3. The molecule has 2 heterocycles. The molecule has 1 aliphatic rings. The van der Waals surface area contributed by atoms with Crippen LogP contribution in [0.2, 0.25) is 0 Å². The minimum Gasteiger partial charge on any atom is -0.340 e. The van der Waals surface area contributed by atoms with Crippen LogP contribution in [0.15, 0.2) is 48.0 Å². The van der Waals surface area contributed by atoms with Crippen molar-refractivity contribution in [2.45, 2.75) is 18.9 Å². The largest absolute Gasteiger partial charge is 0.340 e. The number of likely N-dealkylation sites (N-methyl/N-ethyl adjacent to an activating group) is 1. The van der Waals surface area contributed by atoms with Crippen LogP contribution < -0.4 is 5.32 Å². The highest BCUT2D eigenvalue weighted by Crippen LogP contribution is 2.18. The van der Waals surface area contributed by atoms with Crippen LogP contribution in [-0.4, -0.2) is 84.1 Å². The highest BCUT2D eigenvalue weighted by atomic mass is 16.2. The smallest absolute Gasteiger partial charge is 0.251 e. The molecule has 1 aromatic carbocycles. The van der Waals surface area contributed by atoms with Crippen LogP contribution in [0.5, 0.6) is 0 Å². The number of benzene rings is 1. The summed E-state index contributed by atoms with van der Waals surface area (Å²) in [5, 5.41) is 2.93. The Balaban J connectivity index is 1.67. The average molecular weight is 409 g/mol. The SMILES string of the molecule is C=NCCC[C@H](NC(=O)c1ccc(-c2cncnc2)cc1)C(=O)N1CCN(C)CC1. The predicted octanol–water partition coefficient (Wildman–Crippen LogP) is 1.50. The molecule has 0 spiro atoms. The van der Waals surface area contributed by atoms with Crippen molar-refractivity contribution in [1.29, 1.82) is 0 Å². The van der Waals surface area contributed by atoms with Gasteiger partial charge >= 0.3 is 0 Å². The fraction of sp³-hybridized carbons (Fsp3) is 0.409. The van der Waals surface area contributed by atoms with Gasteiger partial charge in [0.05, 0.1) is 0 Å². The van der Waals surface area contributed by atoms with Gasteiger partial charge < -0.3 is 20.1 Å². The third-order valence-corrected chi connectivity index (χ3v) is 5.27. The number of hydrogen-bond acceptors (Lipinski definition) is 6. The molecule has 1 atom stereocenters. The van der Waals surface area contributed by atoms with E-state index in [0.717, 1.165) is 24.2 Å². The minimum atomic E-state index is -0.565. The standard InChI is InChI=1S/C22H28N6O2/c1-23-9-3-4-20(22(30)28-12-10-27(2)11-13-28)26-21(29)18-7-5-17(6-8-18)19-14-24-16-25-15-19/h5-8,14-16,20H,1,3-4,9-13H2,2H3,(H,26,29)/t20-/m0/s1. The van der Waals surface area contributed by atoms with Crippen LogP contribution in [0.1, 0.15) is 23.2 Å². The van der Waals surface area contributed by atoms with Gasteiger partial charge in [-0.25, -0.2) is 9.97 Å². The Kier molecular flexibility index (Phi) is 7.62. The van der Waals surface area contributed by atoms with E-state index in [0.29, 0.717) is 38.0 Å². The van der Waals surface area contributed by atoms with E-state index in [-0.39, 0.29) is 11.8 Å². The van der Waals surface area contributed by atoms with E-state index in [1.165, 1.54) is 6.33 Å². The summed E-state index contributed by atoms with van der Waals surface area (Å²) in [5.74, 6) is -0.288. The van der Waals surface area contributed by atoms with Crippen molar-refractivity contribution in [2.24, 2.45) is 4.99 Å². The van der Waals surface area contributed by atoms with E-state index in [4.69, 9.17) is 0 Å². The van der Waals surface area contributed by atoms with E-state index in [2.05, 4.69) is 31.9 Å². The first-order chi connectivity index (χ1) is 14.6. The van der Waals surface area contributed by atoms with Crippen LogP contribution in [-0.2, 0) is 4.79 Å². The number of piperazine rings is 1. The predicted molar refractivity (Wildman–Crippen MR) is 116 cm³/mol. The molecule has 1 saturated heterocycles. The number of carbonyl (C=O) groups excluding carboxylic acids is 2. The lowest BCUT2D eigenvalue weighted by Crippen LogP contribution is -2.54. The molecule has 2 amide bonds. The Morgan fingerprint density at radius 2 is 1.77 bits per heavy atom. The molecule has 0 bridgehead atoms. The maximum atomic E-state index is 13.0. The zero-order valence-electron chi connectivity index (χ0n) is 17.3. The van der Waals surface area contributed by atoms with E-state index in [1.54, 1.807) is 24.5 Å². The van der Waals surface area contributed by atoms with Crippen LogP contribution in [0.3, 0.4) is 0 Å². The summed E-state index contributed by atoms with van der Waals surface area (Å²) in [6.07, 6.45) is 6.15. The van der Waals surface area contributed by atoms with Gasteiger partial charge in [0.15, 0.2) is 0 Å². The summed E-state index contributed by atoms with van der Waals surface area (Å²) in [4.78, 5) is 41.8. The summed E-state index contributed by atoms with van der Waals surface area (Å²) < 4.78 is 0. The summed E-state index contributed by atoms with van der Waals surface area (Å²) >= 11 is 0. The average Bonchev–Trinajstić information content (AvgIpc) is 2.79. The van der Waals surface area contributed by atoms with Gasteiger partial charge in [-0.2, -0.15) is 0 Å². The van der Waals surface area contributed by atoms with E-state index < -0.39 is 6.04 Å². The first-order valence-corrected chi connectivity index (χ1v) is 10.1. The first kappa shape index (κ1) is 21.6. The second kappa shape index (κ2) is 10.6. The molecule has 8 heteroatoms. The van der Waals surface area contributed by atoms with Gasteiger partial charge in [0.1, 0.15) is 12.4 Å².